The van der Waals surface area contributed by atoms with Crippen LogP contribution in [0, 0.1) is 17.6 Å². The Kier molecular flexibility index (Phi) is 5.71. The summed E-state index contributed by atoms with van der Waals surface area (Å²) in [5.41, 5.74) is 5.59. The second-order valence-electron chi connectivity index (χ2n) is 4.40. The quantitative estimate of drug-likeness (QED) is 0.812. The molecular weight excluding hydrogens is 238 g/mol. The van der Waals surface area contributed by atoms with Crippen molar-refractivity contribution >= 4 is 5.91 Å². The van der Waals surface area contributed by atoms with E-state index in [1.165, 1.54) is 6.07 Å². The topological polar surface area (TPSA) is 55.1 Å². The number of nitrogens with two attached hydrogens (primary N) is 1. The molecule has 18 heavy (non-hydrogen) atoms. The molecule has 0 aliphatic carbocycles. The van der Waals surface area contributed by atoms with Crippen molar-refractivity contribution in [3.63, 3.8) is 0 Å². The highest BCUT2D eigenvalue weighted by molar-refractivity contribution is 5.78. The number of hydrogen-bond donors (Lipinski definition) is 2. The predicted octanol–water partition coefficient (Wildman–Crippen LogP) is 1.61. The molecule has 1 unspecified atom stereocenters. The Morgan fingerprint density at radius 1 is 1.44 bits per heavy atom. The van der Waals surface area contributed by atoms with Gasteiger partial charge in [0.15, 0.2) is 0 Å². The van der Waals surface area contributed by atoms with Crippen molar-refractivity contribution in [3.05, 3.63) is 35.4 Å². The highest BCUT2D eigenvalue weighted by atomic mass is 19.1. The maximum atomic E-state index is 13.3. The van der Waals surface area contributed by atoms with E-state index in [-0.39, 0.29) is 23.8 Å². The number of rotatable bonds is 6. The molecular formula is C13H18F2N2O. The van der Waals surface area contributed by atoms with E-state index in [4.69, 9.17) is 5.73 Å². The van der Waals surface area contributed by atoms with Crippen LogP contribution in [0.5, 0.6) is 0 Å². The van der Waals surface area contributed by atoms with Crippen LogP contribution >= 0.6 is 0 Å². The Labute approximate surface area is 105 Å². The summed E-state index contributed by atoms with van der Waals surface area (Å²) in [4.78, 5) is 11.6. The Hall–Kier alpha value is -1.49. The lowest BCUT2D eigenvalue weighted by atomic mass is 10.1. The molecule has 1 aromatic carbocycles. The molecule has 1 amide bonds. The summed E-state index contributed by atoms with van der Waals surface area (Å²) in [6.07, 6.45) is 0.743. The number of carbonyl (C=O) groups excluding carboxylic acids is 1. The highest BCUT2D eigenvalue weighted by Gasteiger charge is 2.10. The fraction of sp³-hybridized carbons (Fsp3) is 0.462. The molecule has 0 heterocycles. The first-order valence-electron chi connectivity index (χ1n) is 5.93. The van der Waals surface area contributed by atoms with Crippen molar-refractivity contribution in [1.82, 2.24) is 5.32 Å². The second kappa shape index (κ2) is 7.06. The number of halogens is 2. The van der Waals surface area contributed by atoms with Crippen LogP contribution < -0.4 is 11.1 Å². The number of amides is 1. The van der Waals surface area contributed by atoms with Crippen LogP contribution in [0.2, 0.25) is 0 Å². The smallest absolute Gasteiger partial charge is 0.224 e. The molecule has 0 bridgehead atoms. The van der Waals surface area contributed by atoms with Crippen LogP contribution in [0.4, 0.5) is 8.78 Å². The summed E-state index contributed by atoms with van der Waals surface area (Å²) in [6.45, 7) is 3.06. The van der Waals surface area contributed by atoms with Crippen molar-refractivity contribution in [1.29, 1.82) is 0 Å². The van der Waals surface area contributed by atoms with E-state index in [1.807, 2.05) is 6.92 Å². The summed E-state index contributed by atoms with van der Waals surface area (Å²) in [5.74, 6) is -1.32. The van der Waals surface area contributed by atoms with Gasteiger partial charge in [-0.25, -0.2) is 8.78 Å². The average molecular weight is 256 g/mol. The third kappa shape index (κ3) is 4.79. The normalized spacial score (nSPS) is 12.2. The summed E-state index contributed by atoms with van der Waals surface area (Å²) >= 11 is 0. The molecule has 0 fully saturated rings. The van der Waals surface area contributed by atoms with Gasteiger partial charge in [-0.15, -0.1) is 0 Å². The van der Waals surface area contributed by atoms with E-state index in [1.54, 1.807) is 0 Å². The SMILES string of the molecule is CC(CCN)CNC(=O)Cc1ccc(F)cc1F. The number of carbonyl (C=O) groups is 1. The Morgan fingerprint density at radius 2 is 2.17 bits per heavy atom. The van der Waals surface area contributed by atoms with Crippen molar-refractivity contribution in [2.45, 2.75) is 19.8 Å². The highest BCUT2D eigenvalue weighted by Crippen LogP contribution is 2.10. The first-order chi connectivity index (χ1) is 8.52. The zero-order valence-electron chi connectivity index (χ0n) is 10.4. The molecule has 0 saturated heterocycles. The minimum atomic E-state index is -0.694. The first kappa shape index (κ1) is 14.6. The molecule has 1 aromatic rings. The van der Waals surface area contributed by atoms with Crippen molar-refractivity contribution in [3.8, 4) is 0 Å². The molecule has 100 valence electrons. The van der Waals surface area contributed by atoms with Gasteiger partial charge in [-0.05, 0) is 30.5 Å². The summed E-state index contributed by atoms with van der Waals surface area (Å²) < 4.78 is 26.0. The third-order valence-electron chi connectivity index (χ3n) is 2.67. The summed E-state index contributed by atoms with van der Waals surface area (Å²) in [5, 5.41) is 2.70. The van der Waals surface area contributed by atoms with E-state index in [9.17, 15) is 13.6 Å². The monoisotopic (exact) mass is 256 g/mol. The van der Waals surface area contributed by atoms with Gasteiger partial charge in [0.05, 0.1) is 6.42 Å². The zero-order chi connectivity index (χ0) is 13.5. The van der Waals surface area contributed by atoms with Crippen LogP contribution in [-0.2, 0) is 11.2 Å². The van der Waals surface area contributed by atoms with Gasteiger partial charge >= 0.3 is 0 Å². The Balaban J connectivity index is 2.44. The van der Waals surface area contributed by atoms with E-state index < -0.39 is 11.6 Å². The van der Waals surface area contributed by atoms with Gasteiger partial charge in [0.1, 0.15) is 11.6 Å². The second-order valence-corrected chi connectivity index (χ2v) is 4.40. The largest absolute Gasteiger partial charge is 0.356 e. The molecule has 0 aliphatic heterocycles. The molecule has 3 N–H and O–H groups in total. The van der Waals surface area contributed by atoms with Gasteiger partial charge in [0, 0.05) is 12.6 Å². The maximum Gasteiger partial charge on any atom is 0.224 e. The van der Waals surface area contributed by atoms with E-state index in [0.29, 0.717) is 13.1 Å². The van der Waals surface area contributed by atoms with Gasteiger partial charge in [0.25, 0.3) is 0 Å². The maximum absolute atomic E-state index is 13.3. The Bertz CT molecular complexity index is 410. The standard InChI is InChI=1S/C13H18F2N2O/c1-9(4-5-16)8-17-13(18)6-10-2-3-11(14)7-12(10)15/h2-3,7,9H,4-6,8,16H2,1H3,(H,17,18). The molecule has 0 radical (unpaired) electrons. The van der Waals surface area contributed by atoms with E-state index in [0.717, 1.165) is 18.6 Å². The lowest BCUT2D eigenvalue weighted by Gasteiger charge is -2.11. The van der Waals surface area contributed by atoms with Crippen molar-refractivity contribution < 1.29 is 13.6 Å². The fourth-order valence-corrected chi connectivity index (χ4v) is 1.58. The molecule has 1 atom stereocenters. The van der Waals surface area contributed by atoms with Gasteiger partial charge in [-0.3, -0.25) is 4.79 Å². The lowest BCUT2D eigenvalue weighted by Crippen LogP contribution is -2.30. The fourth-order valence-electron chi connectivity index (χ4n) is 1.58. The number of hydrogen-bond acceptors (Lipinski definition) is 2. The molecule has 5 heteroatoms. The first-order valence-corrected chi connectivity index (χ1v) is 5.93. The minimum Gasteiger partial charge on any atom is -0.356 e. The van der Waals surface area contributed by atoms with Gasteiger partial charge in [-0.2, -0.15) is 0 Å². The Morgan fingerprint density at radius 3 is 2.78 bits per heavy atom. The average Bonchev–Trinajstić information content (AvgIpc) is 2.31. The number of benzene rings is 1. The van der Waals surface area contributed by atoms with Crippen molar-refractivity contribution in [2.24, 2.45) is 11.7 Å². The van der Waals surface area contributed by atoms with E-state index in [2.05, 4.69) is 5.32 Å². The van der Waals surface area contributed by atoms with Gasteiger partial charge in [-0.1, -0.05) is 13.0 Å². The third-order valence-corrected chi connectivity index (χ3v) is 2.67. The van der Waals surface area contributed by atoms with Gasteiger partial charge < -0.3 is 11.1 Å². The summed E-state index contributed by atoms with van der Waals surface area (Å²) in [7, 11) is 0. The lowest BCUT2D eigenvalue weighted by molar-refractivity contribution is -0.120. The number of nitrogens with one attached hydrogen (secondary N) is 1. The van der Waals surface area contributed by atoms with Gasteiger partial charge in [0.2, 0.25) is 5.91 Å². The summed E-state index contributed by atoms with van der Waals surface area (Å²) in [6, 6.07) is 3.20. The van der Waals surface area contributed by atoms with Crippen LogP contribution in [0.25, 0.3) is 0 Å². The molecule has 0 spiro atoms. The molecule has 1 rings (SSSR count). The van der Waals surface area contributed by atoms with Crippen LogP contribution in [0.3, 0.4) is 0 Å². The molecule has 0 aromatic heterocycles. The van der Waals surface area contributed by atoms with Crippen molar-refractivity contribution in [2.75, 3.05) is 13.1 Å². The zero-order valence-corrected chi connectivity index (χ0v) is 10.4. The van der Waals surface area contributed by atoms with E-state index >= 15 is 0 Å². The van der Waals surface area contributed by atoms with Crippen LogP contribution in [0.1, 0.15) is 18.9 Å². The predicted molar refractivity (Wildman–Crippen MR) is 65.9 cm³/mol. The van der Waals surface area contributed by atoms with Crippen LogP contribution in [-0.4, -0.2) is 19.0 Å². The van der Waals surface area contributed by atoms with Crippen LogP contribution in [0.15, 0.2) is 18.2 Å². The molecule has 3 nitrogen and oxygen atoms in total. The molecule has 0 saturated carbocycles. The molecule has 0 aliphatic rings. The minimum absolute atomic E-state index is 0.0819.